The summed E-state index contributed by atoms with van der Waals surface area (Å²) in [6.07, 6.45) is 1.82. The molecule has 2 atom stereocenters. The predicted octanol–water partition coefficient (Wildman–Crippen LogP) is 2.01. The molecule has 5 nitrogen and oxygen atoms in total. The number of hydrogen-bond acceptors (Lipinski definition) is 3. The van der Waals surface area contributed by atoms with Gasteiger partial charge in [-0.15, -0.1) is 0 Å². The summed E-state index contributed by atoms with van der Waals surface area (Å²) >= 11 is 3.27. The van der Waals surface area contributed by atoms with Gasteiger partial charge in [0.2, 0.25) is 0 Å². The third kappa shape index (κ3) is 3.26. The number of hydrogen-bond donors (Lipinski definition) is 3. The lowest BCUT2D eigenvalue weighted by Gasteiger charge is -2.13. The van der Waals surface area contributed by atoms with E-state index in [0.717, 1.165) is 0 Å². The van der Waals surface area contributed by atoms with Crippen LogP contribution in [0.15, 0.2) is 22.7 Å². The highest BCUT2D eigenvalue weighted by atomic mass is 79.9. The molecule has 1 aromatic carbocycles. The van der Waals surface area contributed by atoms with Gasteiger partial charge >= 0.3 is 5.97 Å². The quantitative estimate of drug-likeness (QED) is 0.741. The van der Waals surface area contributed by atoms with E-state index in [2.05, 4.69) is 21.2 Å². The lowest BCUT2D eigenvalue weighted by molar-refractivity contribution is -0.141. The van der Waals surface area contributed by atoms with Crippen molar-refractivity contribution in [1.82, 2.24) is 5.32 Å². The monoisotopic (exact) mass is 326 g/mol. The Morgan fingerprint density at radius 2 is 2.11 bits per heavy atom. The first-order valence-electron chi connectivity index (χ1n) is 6.06. The van der Waals surface area contributed by atoms with E-state index in [4.69, 9.17) is 10.8 Å². The number of carboxylic acid groups (broad SMARTS) is 1. The third-order valence-corrected chi connectivity index (χ3v) is 4.07. The average Bonchev–Trinajstić information content (AvgIpc) is 2.81. The van der Waals surface area contributed by atoms with Crippen LogP contribution in [0, 0.1) is 5.92 Å². The fourth-order valence-electron chi connectivity index (χ4n) is 2.27. The second-order valence-corrected chi connectivity index (χ2v) is 5.61. The fraction of sp³-hybridized carbons (Fsp3) is 0.385. The number of carboxylic acids is 1. The molecule has 1 amide bonds. The first kappa shape index (κ1) is 13.9. The number of benzene rings is 1. The van der Waals surface area contributed by atoms with Crippen LogP contribution in [0.3, 0.4) is 0 Å². The highest BCUT2D eigenvalue weighted by molar-refractivity contribution is 9.10. The zero-order valence-corrected chi connectivity index (χ0v) is 11.8. The Morgan fingerprint density at radius 1 is 1.37 bits per heavy atom. The highest BCUT2D eigenvalue weighted by Crippen LogP contribution is 2.26. The highest BCUT2D eigenvalue weighted by Gasteiger charge is 2.30. The van der Waals surface area contributed by atoms with E-state index in [1.165, 1.54) is 0 Å². The van der Waals surface area contributed by atoms with Crippen molar-refractivity contribution in [2.24, 2.45) is 5.92 Å². The molecule has 1 aromatic rings. The van der Waals surface area contributed by atoms with Gasteiger partial charge in [0.25, 0.3) is 5.91 Å². The minimum absolute atomic E-state index is 0.0649. The van der Waals surface area contributed by atoms with E-state index < -0.39 is 5.97 Å². The molecule has 0 heterocycles. The fourth-order valence-corrected chi connectivity index (χ4v) is 2.65. The molecule has 2 unspecified atom stereocenters. The summed E-state index contributed by atoms with van der Waals surface area (Å²) in [5, 5.41) is 11.8. The van der Waals surface area contributed by atoms with Crippen molar-refractivity contribution >= 4 is 33.5 Å². The Labute approximate surface area is 119 Å². The molecular weight excluding hydrogens is 312 g/mol. The Bertz CT molecular complexity index is 519. The minimum atomic E-state index is -0.785. The maximum Gasteiger partial charge on any atom is 0.306 e. The largest absolute Gasteiger partial charge is 0.481 e. The molecule has 102 valence electrons. The van der Waals surface area contributed by atoms with Crippen LogP contribution in [0.25, 0.3) is 0 Å². The maximum absolute atomic E-state index is 12.0. The van der Waals surface area contributed by atoms with Crippen LogP contribution in [0.4, 0.5) is 5.69 Å². The first-order valence-corrected chi connectivity index (χ1v) is 6.85. The van der Waals surface area contributed by atoms with Gasteiger partial charge in [0.1, 0.15) is 0 Å². The second-order valence-electron chi connectivity index (χ2n) is 4.75. The molecule has 4 N–H and O–H groups in total. The van der Waals surface area contributed by atoms with Crippen LogP contribution in [-0.4, -0.2) is 23.0 Å². The van der Waals surface area contributed by atoms with Gasteiger partial charge in [-0.05, 0) is 53.4 Å². The van der Waals surface area contributed by atoms with E-state index in [1.807, 2.05) is 0 Å². The summed E-state index contributed by atoms with van der Waals surface area (Å²) in [5.41, 5.74) is 6.75. The molecule has 1 aliphatic rings. The predicted molar refractivity (Wildman–Crippen MR) is 74.8 cm³/mol. The summed E-state index contributed by atoms with van der Waals surface area (Å²) in [5.74, 6) is -1.33. The normalized spacial score (nSPS) is 22.2. The standard InChI is InChI=1S/C13H15BrN2O3/c14-10-6-7(2-4-11(10)15)12(17)16-9-3-1-8(5-9)13(18)19/h2,4,6,8-9H,1,3,5,15H2,(H,16,17)(H,18,19). The van der Waals surface area contributed by atoms with Crippen LogP contribution >= 0.6 is 15.9 Å². The zero-order valence-electron chi connectivity index (χ0n) is 10.2. The van der Waals surface area contributed by atoms with E-state index in [9.17, 15) is 9.59 Å². The first-order chi connectivity index (χ1) is 8.97. The van der Waals surface area contributed by atoms with Crippen LogP contribution in [0.1, 0.15) is 29.6 Å². The van der Waals surface area contributed by atoms with E-state index in [1.54, 1.807) is 18.2 Å². The van der Waals surface area contributed by atoms with Crippen molar-refractivity contribution < 1.29 is 14.7 Å². The van der Waals surface area contributed by atoms with E-state index in [0.29, 0.717) is 35.0 Å². The van der Waals surface area contributed by atoms with Crippen molar-refractivity contribution in [3.63, 3.8) is 0 Å². The third-order valence-electron chi connectivity index (χ3n) is 3.38. The van der Waals surface area contributed by atoms with Crippen molar-refractivity contribution in [2.45, 2.75) is 25.3 Å². The summed E-state index contributed by atoms with van der Waals surface area (Å²) in [4.78, 5) is 22.9. The van der Waals surface area contributed by atoms with Crippen LogP contribution in [0.2, 0.25) is 0 Å². The molecule has 1 fully saturated rings. The summed E-state index contributed by atoms with van der Waals surface area (Å²) in [7, 11) is 0. The summed E-state index contributed by atoms with van der Waals surface area (Å²) < 4.78 is 0.676. The summed E-state index contributed by atoms with van der Waals surface area (Å²) in [6.45, 7) is 0. The van der Waals surface area contributed by atoms with Crippen molar-refractivity contribution in [3.8, 4) is 0 Å². The van der Waals surface area contributed by atoms with Gasteiger partial charge in [0, 0.05) is 21.8 Å². The molecule has 0 aromatic heterocycles. The van der Waals surface area contributed by atoms with E-state index in [-0.39, 0.29) is 17.9 Å². The second kappa shape index (κ2) is 5.61. The Balaban J connectivity index is 1.98. The van der Waals surface area contributed by atoms with Gasteiger partial charge in [0.15, 0.2) is 0 Å². The van der Waals surface area contributed by atoms with Gasteiger partial charge in [-0.25, -0.2) is 0 Å². The van der Waals surface area contributed by atoms with Crippen molar-refractivity contribution in [1.29, 1.82) is 0 Å². The number of carbonyl (C=O) groups is 2. The van der Waals surface area contributed by atoms with E-state index >= 15 is 0 Å². The lowest BCUT2D eigenvalue weighted by Crippen LogP contribution is -2.33. The number of nitrogen functional groups attached to an aromatic ring is 1. The minimum Gasteiger partial charge on any atom is -0.481 e. The van der Waals surface area contributed by atoms with Crippen molar-refractivity contribution in [2.75, 3.05) is 5.73 Å². The van der Waals surface area contributed by atoms with Crippen molar-refractivity contribution in [3.05, 3.63) is 28.2 Å². The van der Waals surface area contributed by atoms with Gasteiger partial charge in [-0.2, -0.15) is 0 Å². The number of amides is 1. The molecule has 0 bridgehead atoms. The number of halogens is 1. The average molecular weight is 327 g/mol. The molecule has 1 saturated carbocycles. The topological polar surface area (TPSA) is 92.4 Å². The Hall–Kier alpha value is -1.56. The maximum atomic E-state index is 12.0. The number of carbonyl (C=O) groups excluding carboxylic acids is 1. The molecular formula is C13H15BrN2O3. The Kier molecular flexibility index (Phi) is 4.09. The molecule has 6 heteroatoms. The number of nitrogens with one attached hydrogen (secondary N) is 1. The smallest absolute Gasteiger partial charge is 0.306 e. The summed E-state index contributed by atoms with van der Waals surface area (Å²) in [6, 6.07) is 4.91. The molecule has 0 radical (unpaired) electrons. The van der Waals surface area contributed by atoms with Gasteiger partial charge < -0.3 is 16.2 Å². The molecule has 0 spiro atoms. The van der Waals surface area contributed by atoms with Crippen LogP contribution < -0.4 is 11.1 Å². The van der Waals surface area contributed by atoms with Gasteiger partial charge in [-0.3, -0.25) is 9.59 Å². The van der Waals surface area contributed by atoms with Gasteiger partial charge in [0.05, 0.1) is 5.92 Å². The SMILES string of the molecule is Nc1ccc(C(=O)NC2CCC(C(=O)O)C2)cc1Br. The molecule has 1 aliphatic carbocycles. The zero-order chi connectivity index (χ0) is 14.0. The Morgan fingerprint density at radius 3 is 2.68 bits per heavy atom. The number of anilines is 1. The number of aliphatic carboxylic acids is 1. The number of rotatable bonds is 3. The molecule has 2 rings (SSSR count). The molecule has 0 aliphatic heterocycles. The number of nitrogens with two attached hydrogens (primary N) is 1. The van der Waals surface area contributed by atoms with Crippen LogP contribution in [0.5, 0.6) is 0 Å². The lowest BCUT2D eigenvalue weighted by atomic mass is 10.1. The molecule has 0 saturated heterocycles. The van der Waals surface area contributed by atoms with Gasteiger partial charge in [-0.1, -0.05) is 0 Å². The molecule has 19 heavy (non-hydrogen) atoms. The van der Waals surface area contributed by atoms with Crippen LogP contribution in [-0.2, 0) is 4.79 Å².